The van der Waals surface area contributed by atoms with Gasteiger partial charge in [-0.1, -0.05) is 43.7 Å². The van der Waals surface area contributed by atoms with Gasteiger partial charge in [0.15, 0.2) is 0 Å². The van der Waals surface area contributed by atoms with Gasteiger partial charge >= 0.3 is 0 Å². The standard InChI is InChI=1S/C20H18N4O2S/c1-2-3-10-22-19(25)15(12-21)17-13-7-4-5-8-14(13)18(23-17)24-20(26)16-9-6-11-27-16/h4-9,11H,2-3,10H2,1H3,(H,22,25)(H,23,24,26). The van der Waals surface area contributed by atoms with Gasteiger partial charge in [0.1, 0.15) is 17.5 Å². The maximum absolute atomic E-state index is 12.4. The number of nitrogens with zero attached hydrogens (tertiary/aromatic N) is 2. The van der Waals surface area contributed by atoms with Crippen molar-refractivity contribution in [1.82, 2.24) is 10.6 Å². The average molecular weight is 378 g/mol. The molecule has 1 aliphatic rings. The minimum atomic E-state index is -0.453. The molecule has 0 saturated heterocycles. The molecule has 0 aliphatic carbocycles. The SMILES string of the molecule is CCCCNC(=O)C(C#N)=C1N=C(NC(=O)c2cccs2)c2ccccc21. The van der Waals surface area contributed by atoms with Gasteiger partial charge in [-0.2, -0.15) is 5.26 Å². The van der Waals surface area contributed by atoms with Crippen molar-refractivity contribution in [2.45, 2.75) is 19.8 Å². The Morgan fingerprint density at radius 1 is 1.19 bits per heavy atom. The monoisotopic (exact) mass is 378 g/mol. The molecule has 1 aromatic heterocycles. The molecule has 7 heteroatoms. The lowest BCUT2D eigenvalue weighted by Crippen LogP contribution is -2.29. The first-order valence-corrected chi connectivity index (χ1v) is 9.49. The molecule has 0 bridgehead atoms. The van der Waals surface area contributed by atoms with Gasteiger partial charge in [0.2, 0.25) is 0 Å². The normalized spacial score (nSPS) is 14.0. The van der Waals surface area contributed by atoms with Crippen molar-refractivity contribution in [3.05, 3.63) is 63.4 Å². The van der Waals surface area contributed by atoms with E-state index < -0.39 is 5.91 Å². The van der Waals surface area contributed by atoms with Crippen LogP contribution in [0.4, 0.5) is 0 Å². The Balaban J connectivity index is 1.95. The quantitative estimate of drug-likeness (QED) is 0.475. The number of nitrogens with one attached hydrogen (secondary N) is 2. The van der Waals surface area contributed by atoms with E-state index in [-0.39, 0.29) is 17.2 Å². The number of thiophene rings is 1. The van der Waals surface area contributed by atoms with Crippen molar-refractivity contribution in [1.29, 1.82) is 5.26 Å². The zero-order valence-electron chi connectivity index (χ0n) is 14.8. The van der Waals surface area contributed by atoms with Crippen LogP contribution in [0.15, 0.2) is 52.3 Å². The van der Waals surface area contributed by atoms with Crippen molar-refractivity contribution in [3.8, 4) is 6.07 Å². The second kappa shape index (κ2) is 8.43. The van der Waals surface area contributed by atoms with Crippen LogP contribution in [0.1, 0.15) is 40.6 Å². The summed E-state index contributed by atoms with van der Waals surface area (Å²) in [6.07, 6.45) is 1.78. The molecule has 2 heterocycles. The Morgan fingerprint density at radius 2 is 1.96 bits per heavy atom. The first kappa shape index (κ1) is 18.5. The predicted molar refractivity (Wildman–Crippen MR) is 105 cm³/mol. The molecule has 0 radical (unpaired) electrons. The van der Waals surface area contributed by atoms with E-state index in [1.54, 1.807) is 24.3 Å². The second-order valence-electron chi connectivity index (χ2n) is 5.88. The van der Waals surface area contributed by atoms with Crippen molar-refractivity contribution < 1.29 is 9.59 Å². The molecule has 27 heavy (non-hydrogen) atoms. The van der Waals surface area contributed by atoms with Crippen LogP contribution < -0.4 is 10.6 Å². The molecule has 0 saturated carbocycles. The number of nitriles is 1. The van der Waals surface area contributed by atoms with Gasteiger partial charge in [-0.15, -0.1) is 11.3 Å². The van der Waals surface area contributed by atoms with Crippen LogP contribution in [0, 0.1) is 11.3 Å². The fraction of sp³-hybridized carbons (Fsp3) is 0.200. The van der Waals surface area contributed by atoms with Gasteiger partial charge in [0.05, 0.1) is 10.6 Å². The van der Waals surface area contributed by atoms with E-state index in [1.807, 2.05) is 30.5 Å². The summed E-state index contributed by atoms with van der Waals surface area (Å²) in [5, 5.41) is 16.9. The highest BCUT2D eigenvalue weighted by Gasteiger charge is 2.27. The largest absolute Gasteiger partial charge is 0.351 e. The molecule has 136 valence electrons. The highest BCUT2D eigenvalue weighted by Crippen LogP contribution is 2.30. The number of benzene rings is 1. The van der Waals surface area contributed by atoms with E-state index in [0.29, 0.717) is 28.4 Å². The van der Waals surface area contributed by atoms with Crippen LogP contribution in [0.5, 0.6) is 0 Å². The molecule has 0 unspecified atom stereocenters. The predicted octanol–water partition coefficient (Wildman–Crippen LogP) is 3.09. The summed E-state index contributed by atoms with van der Waals surface area (Å²) >= 11 is 1.33. The molecule has 2 aromatic rings. The maximum Gasteiger partial charge on any atom is 0.266 e. The molecular weight excluding hydrogens is 360 g/mol. The fourth-order valence-electron chi connectivity index (χ4n) is 2.67. The van der Waals surface area contributed by atoms with Gasteiger partial charge in [0, 0.05) is 17.7 Å². The number of carbonyl (C=O) groups is 2. The molecule has 1 aromatic carbocycles. The molecule has 6 nitrogen and oxygen atoms in total. The van der Waals surface area contributed by atoms with Crippen LogP contribution in [-0.2, 0) is 4.79 Å². The summed E-state index contributed by atoms with van der Waals surface area (Å²) in [6.45, 7) is 2.52. The van der Waals surface area contributed by atoms with Crippen LogP contribution in [0.3, 0.4) is 0 Å². The number of amides is 2. The smallest absolute Gasteiger partial charge is 0.266 e. The zero-order valence-corrected chi connectivity index (χ0v) is 15.6. The van der Waals surface area contributed by atoms with Crippen LogP contribution in [0.25, 0.3) is 5.70 Å². The molecule has 1 aliphatic heterocycles. The van der Waals surface area contributed by atoms with Gasteiger partial charge in [-0.05, 0) is 17.9 Å². The zero-order chi connectivity index (χ0) is 19.2. The Kier molecular flexibility index (Phi) is 5.79. The van der Waals surface area contributed by atoms with Crippen molar-refractivity contribution in [2.24, 2.45) is 4.99 Å². The number of fused-ring (bicyclic) bond motifs is 1. The van der Waals surface area contributed by atoms with E-state index in [9.17, 15) is 14.9 Å². The Hall–Kier alpha value is -3.24. The summed E-state index contributed by atoms with van der Waals surface area (Å²) in [7, 11) is 0. The van der Waals surface area contributed by atoms with E-state index in [4.69, 9.17) is 0 Å². The third-order valence-electron chi connectivity index (χ3n) is 4.03. The van der Waals surface area contributed by atoms with Crippen molar-refractivity contribution in [2.75, 3.05) is 6.54 Å². The number of carbonyl (C=O) groups excluding carboxylic acids is 2. The number of aliphatic imine (C=N–C) groups is 1. The molecule has 0 atom stereocenters. The molecule has 2 N–H and O–H groups in total. The number of amidine groups is 1. The Bertz CT molecular complexity index is 968. The van der Waals surface area contributed by atoms with E-state index in [1.165, 1.54) is 11.3 Å². The van der Waals surface area contributed by atoms with E-state index in [2.05, 4.69) is 15.6 Å². The van der Waals surface area contributed by atoms with Crippen molar-refractivity contribution in [3.63, 3.8) is 0 Å². The number of hydrogen-bond acceptors (Lipinski definition) is 5. The molecule has 3 rings (SSSR count). The molecule has 2 amide bonds. The maximum atomic E-state index is 12.4. The Morgan fingerprint density at radius 3 is 2.63 bits per heavy atom. The summed E-state index contributed by atoms with van der Waals surface area (Å²) in [6, 6.07) is 12.7. The molecule has 0 spiro atoms. The van der Waals surface area contributed by atoms with Crippen molar-refractivity contribution >= 4 is 34.7 Å². The minimum absolute atomic E-state index is 0.0566. The first-order chi connectivity index (χ1) is 13.2. The number of rotatable bonds is 5. The summed E-state index contributed by atoms with van der Waals surface area (Å²) in [5.41, 5.74) is 1.56. The van der Waals surface area contributed by atoms with Crippen LogP contribution in [-0.4, -0.2) is 24.2 Å². The van der Waals surface area contributed by atoms with Gasteiger partial charge in [-0.25, -0.2) is 4.99 Å². The van der Waals surface area contributed by atoms with Gasteiger partial charge in [-0.3, -0.25) is 9.59 Å². The highest BCUT2D eigenvalue weighted by atomic mass is 32.1. The first-order valence-electron chi connectivity index (χ1n) is 8.61. The van der Waals surface area contributed by atoms with Gasteiger partial charge < -0.3 is 10.6 Å². The van der Waals surface area contributed by atoms with Crippen LogP contribution in [0.2, 0.25) is 0 Å². The van der Waals surface area contributed by atoms with Gasteiger partial charge in [0.25, 0.3) is 11.8 Å². The average Bonchev–Trinajstić information content (AvgIpc) is 3.32. The number of hydrogen-bond donors (Lipinski definition) is 2. The minimum Gasteiger partial charge on any atom is -0.351 e. The number of unbranched alkanes of at least 4 members (excludes halogenated alkanes) is 1. The lowest BCUT2D eigenvalue weighted by atomic mass is 10.0. The lowest BCUT2D eigenvalue weighted by molar-refractivity contribution is -0.117. The summed E-state index contributed by atoms with van der Waals surface area (Å²) < 4.78 is 0. The van der Waals surface area contributed by atoms with E-state index >= 15 is 0 Å². The highest BCUT2D eigenvalue weighted by molar-refractivity contribution is 7.12. The van der Waals surface area contributed by atoms with Crippen LogP contribution >= 0.6 is 11.3 Å². The lowest BCUT2D eigenvalue weighted by Gasteiger charge is -2.05. The fourth-order valence-corrected chi connectivity index (χ4v) is 3.29. The third kappa shape index (κ3) is 3.96. The Labute approximate surface area is 161 Å². The second-order valence-corrected chi connectivity index (χ2v) is 6.83. The molecular formula is C20H18N4O2S. The topological polar surface area (TPSA) is 94.3 Å². The summed E-state index contributed by atoms with van der Waals surface area (Å²) in [4.78, 5) is 29.8. The molecule has 0 fully saturated rings. The summed E-state index contributed by atoms with van der Waals surface area (Å²) in [5.74, 6) is -0.385. The van der Waals surface area contributed by atoms with E-state index in [0.717, 1.165) is 12.8 Å². The third-order valence-corrected chi connectivity index (χ3v) is 4.90.